The number of aliphatic hydroxyl groups excluding tert-OH is 14. The van der Waals surface area contributed by atoms with Gasteiger partial charge in [0.1, 0.15) is 110 Å². The van der Waals surface area contributed by atoms with Crippen LogP contribution in [-0.4, -0.2) is 181 Å². The lowest BCUT2D eigenvalue weighted by atomic mass is 9.81. The number of hydrogen-bond acceptors (Lipinski definition) is 16. The number of hydrogen-bond donors (Lipinski definition) is 14. The highest BCUT2D eigenvalue weighted by molar-refractivity contribution is 5.06. The summed E-state index contributed by atoms with van der Waals surface area (Å²) < 4.78 is 10.7. The zero-order valence-corrected chi connectivity index (χ0v) is 17.5. The van der Waals surface area contributed by atoms with E-state index in [1.807, 2.05) is 0 Å². The smallest absolute Gasteiger partial charge is 0.115 e. The van der Waals surface area contributed by atoms with Gasteiger partial charge in [-0.25, -0.2) is 0 Å². The molecule has 16 heteroatoms. The minimum absolute atomic E-state index is 1.95. The summed E-state index contributed by atoms with van der Waals surface area (Å²) >= 11 is 0. The van der Waals surface area contributed by atoms with Crippen molar-refractivity contribution in [1.29, 1.82) is 0 Å². The lowest BCUT2D eigenvalue weighted by Crippen LogP contribution is -2.71. The Morgan fingerprint density at radius 1 is 0.206 bits per heavy atom. The van der Waals surface area contributed by atoms with Crippen LogP contribution in [0.1, 0.15) is 0 Å². The molecule has 3 aliphatic rings. The van der Waals surface area contributed by atoms with E-state index in [1.54, 1.807) is 0 Å². The molecule has 0 heterocycles. The van der Waals surface area contributed by atoms with Gasteiger partial charge in [0.05, 0.1) is 0 Å². The van der Waals surface area contributed by atoms with Gasteiger partial charge >= 0.3 is 0 Å². The molecule has 3 aliphatic carbocycles. The van der Waals surface area contributed by atoms with Crippen LogP contribution < -0.4 is 0 Å². The summed E-state index contributed by atoms with van der Waals surface area (Å²) in [6.45, 7) is 0. The highest BCUT2D eigenvalue weighted by atomic mass is 16.6. The van der Waals surface area contributed by atoms with E-state index in [9.17, 15) is 71.5 Å². The van der Waals surface area contributed by atoms with Gasteiger partial charge < -0.3 is 81.0 Å². The molecule has 3 rings (SSSR count). The van der Waals surface area contributed by atoms with E-state index in [-0.39, 0.29) is 0 Å². The highest BCUT2D eigenvalue weighted by Gasteiger charge is 2.57. The molecular weight excluding hydrogens is 472 g/mol. The molecule has 0 aliphatic heterocycles. The van der Waals surface area contributed by atoms with Gasteiger partial charge in [0, 0.05) is 0 Å². The first-order valence-corrected chi connectivity index (χ1v) is 10.6. The molecule has 200 valence electrons. The van der Waals surface area contributed by atoms with Crippen LogP contribution in [0.3, 0.4) is 0 Å². The molecule has 0 spiro atoms. The molecule has 16 nitrogen and oxygen atoms in total. The van der Waals surface area contributed by atoms with Crippen molar-refractivity contribution in [2.75, 3.05) is 0 Å². The molecule has 14 N–H and O–H groups in total. The van der Waals surface area contributed by atoms with Crippen molar-refractivity contribution in [2.45, 2.75) is 110 Å². The van der Waals surface area contributed by atoms with Gasteiger partial charge in [-0.3, -0.25) is 0 Å². The van der Waals surface area contributed by atoms with Crippen molar-refractivity contribution < 1.29 is 81.0 Å². The molecule has 14 unspecified atom stereocenters. The average Bonchev–Trinajstić information content (AvgIpc) is 2.82. The normalized spacial score (nSPS) is 59.1. The maximum absolute atomic E-state index is 10.5. The number of ether oxygens (including phenoxy) is 2. The van der Waals surface area contributed by atoms with Crippen LogP contribution in [-0.2, 0) is 9.47 Å². The Balaban J connectivity index is 1.90. The Bertz CT molecular complexity index is 596. The Labute approximate surface area is 191 Å². The Morgan fingerprint density at radius 3 is 0.559 bits per heavy atom. The molecule has 0 bridgehead atoms. The van der Waals surface area contributed by atoms with Crippen LogP contribution in [0.15, 0.2) is 0 Å². The number of aliphatic hydroxyl groups is 14. The van der Waals surface area contributed by atoms with E-state index in [0.29, 0.717) is 0 Å². The van der Waals surface area contributed by atoms with E-state index in [0.717, 1.165) is 0 Å². The van der Waals surface area contributed by atoms with Gasteiger partial charge in [-0.1, -0.05) is 0 Å². The maximum atomic E-state index is 10.5. The van der Waals surface area contributed by atoms with E-state index in [4.69, 9.17) is 9.47 Å². The first-order chi connectivity index (χ1) is 15.7. The van der Waals surface area contributed by atoms with Crippen molar-refractivity contribution in [3.05, 3.63) is 0 Å². The second kappa shape index (κ2) is 10.4. The molecule has 34 heavy (non-hydrogen) atoms. The molecule has 3 saturated carbocycles. The summed E-state index contributed by atoms with van der Waals surface area (Å²) in [6.07, 6.45) is -36.6. The molecule has 0 amide bonds. The van der Waals surface area contributed by atoms with Gasteiger partial charge in [0.25, 0.3) is 0 Å². The molecule has 0 radical (unpaired) electrons. The largest absolute Gasteiger partial charge is 0.387 e. The Morgan fingerprint density at radius 2 is 0.353 bits per heavy atom. The first kappa shape index (κ1) is 27.9. The molecule has 3 fully saturated rings. The predicted octanol–water partition coefficient (Wildman–Crippen LogP) is -9.41. The third-order valence-corrected chi connectivity index (χ3v) is 6.82. The van der Waals surface area contributed by atoms with Crippen molar-refractivity contribution in [1.82, 2.24) is 0 Å². The Hall–Kier alpha value is -0.640. The summed E-state index contributed by atoms with van der Waals surface area (Å²) in [7, 11) is 0. The first-order valence-electron chi connectivity index (χ1n) is 10.6. The van der Waals surface area contributed by atoms with Crippen LogP contribution in [0.4, 0.5) is 0 Å². The van der Waals surface area contributed by atoms with Crippen molar-refractivity contribution in [3.8, 4) is 0 Å². The summed E-state index contributed by atoms with van der Waals surface area (Å²) in [4.78, 5) is 0. The third kappa shape index (κ3) is 4.59. The second-order valence-corrected chi connectivity index (χ2v) is 9.00. The molecular formula is C18H32O16. The van der Waals surface area contributed by atoms with E-state index in [1.165, 1.54) is 0 Å². The van der Waals surface area contributed by atoms with Crippen LogP contribution in [0.5, 0.6) is 0 Å². The second-order valence-electron chi connectivity index (χ2n) is 9.00. The summed E-state index contributed by atoms with van der Waals surface area (Å²) in [5.41, 5.74) is 0. The quantitative estimate of drug-likeness (QED) is 0.169. The molecule has 0 aromatic rings. The minimum atomic E-state index is -2.12. The molecule has 0 aromatic carbocycles. The third-order valence-electron chi connectivity index (χ3n) is 6.82. The van der Waals surface area contributed by atoms with Crippen molar-refractivity contribution >= 4 is 0 Å². The summed E-state index contributed by atoms with van der Waals surface area (Å²) in [5.74, 6) is 0. The van der Waals surface area contributed by atoms with E-state index >= 15 is 0 Å². The van der Waals surface area contributed by atoms with Crippen LogP contribution in [0, 0.1) is 0 Å². The number of rotatable bonds is 4. The lowest BCUT2D eigenvalue weighted by molar-refractivity contribution is -0.316. The van der Waals surface area contributed by atoms with Gasteiger partial charge in [0.15, 0.2) is 0 Å². The SMILES string of the molecule is OC1C(O)C(O)C(OC2C(O)C(O)C(O)C(O)C2OC2C(O)C(O)C(O)C(O)C2O)C(O)C1O. The monoisotopic (exact) mass is 504 g/mol. The fraction of sp³-hybridized carbons (Fsp3) is 1.00. The maximum Gasteiger partial charge on any atom is 0.115 e. The topological polar surface area (TPSA) is 302 Å². The van der Waals surface area contributed by atoms with Gasteiger partial charge in [-0.15, -0.1) is 0 Å². The zero-order valence-electron chi connectivity index (χ0n) is 17.5. The standard InChI is InChI=1S/C18H32O16/c19-1-3(21)9(27)15(10(28)4(1)22)33-17-13(31)7(25)8(26)14(32)18(17)34-16-11(29)5(23)2(20)6(24)12(16)30/h1-32H. The summed E-state index contributed by atoms with van der Waals surface area (Å²) in [6, 6.07) is 0. The van der Waals surface area contributed by atoms with E-state index < -0.39 is 110 Å². The van der Waals surface area contributed by atoms with Gasteiger partial charge in [-0.2, -0.15) is 0 Å². The van der Waals surface area contributed by atoms with Gasteiger partial charge in [-0.05, 0) is 0 Å². The zero-order chi connectivity index (χ0) is 25.8. The summed E-state index contributed by atoms with van der Waals surface area (Å²) in [5, 5.41) is 141. The molecule has 14 atom stereocenters. The lowest BCUT2D eigenvalue weighted by Gasteiger charge is -2.50. The Kier molecular flexibility index (Phi) is 8.53. The molecule has 0 saturated heterocycles. The minimum Gasteiger partial charge on any atom is -0.387 e. The molecule has 0 aromatic heterocycles. The van der Waals surface area contributed by atoms with Gasteiger partial charge in [0.2, 0.25) is 0 Å². The van der Waals surface area contributed by atoms with E-state index in [2.05, 4.69) is 0 Å². The van der Waals surface area contributed by atoms with Crippen LogP contribution in [0.2, 0.25) is 0 Å². The fourth-order valence-electron chi connectivity index (χ4n) is 4.58. The average molecular weight is 504 g/mol. The van der Waals surface area contributed by atoms with Crippen molar-refractivity contribution in [2.24, 2.45) is 0 Å². The van der Waals surface area contributed by atoms with Crippen LogP contribution >= 0.6 is 0 Å². The fourth-order valence-corrected chi connectivity index (χ4v) is 4.58. The predicted molar refractivity (Wildman–Crippen MR) is 101 cm³/mol. The van der Waals surface area contributed by atoms with Crippen molar-refractivity contribution in [3.63, 3.8) is 0 Å². The highest BCUT2D eigenvalue weighted by Crippen LogP contribution is 2.34. The van der Waals surface area contributed by atoms with Crippen LogP contribution in [0.25, 0.3) is 0 Å².